The highest BCUT2D eigenvalue weighted by atomic mass is 35.7. The molecule has 0 aliphatic carbocycles. The van der Waals surface area contributed by atoms with Crippen molar-refractivity contribution in [2.24, 2.45) is 0 Å². The summed E-state index contributed by atoms with van der Waals surface area (Å²) in [7, 11) is 1.04. The summed E-state index contributed by atoms with van der Waals surface area (Å²) in [5.41, 5.74) is -0.204. The van der Waals surface area contributed by atoms with Crippen LogP contribution in [0.25, 0.3) is 0 Å². The molecule has 0 amide bonds. The SMILES string of the molecule is N#Cc1c(O)ccc(CCl)c1S(=O)(=O)Cl. The average molecular weight is 266 g/mol. The second-order valence-electron chi connectivity index (χ2n) is 2.63. The van der Waals surface area contributed by atoms with E-state index in [1.54, 1.807) is 6.07 Å². The molecule has 0 aliphatic rings. The van der Waals surface area contributed by atoms with Gasteiger partial charge in [0.1, 0.15) is 22.3 Å². The van der Waals surface area contributed by atoms with Gasteiger partial charge in [-0.25, -0.2) is 8.42 Å². The summed E-state index contributed by atoms with van der Waals surface area (Å²) < 4.78 is 22.4. The van der Waals surface area contributed by atoms with E-state index in [0.29, 0.717) is 0 Å². The first kappa shape index (κ1) is 12.1. The number of phenols is 1. The molecule has 0 saturated carbocycles. The molecule has 0 radical (unpaired) electrons. The maximum atomic E-state index is 11.2. The second kappa shape index (κ2) is 4.27. The van der Waals surface area contributed by atoms with E-state index in [0.717, 1.165) is 0 Å². The van der Waals surface area contributed by atoms with Crippen LogP contribution in [-0.4, -0.2) is 13.5 Å². The monoisotopic (exact) mass is 265 g/mol. The predicted octanol–water partition coefficient (Wildman–Crippen LogP) is 1.93. The van der Waals surface area contributed by atoms with Gasteiger partial charge in [0.25, 0.3) is 9.05 Å². The molecule has 15 heavy (non-hydrogen) atoms. The number of nitrogens with zero attached hydrogens (tertiary/aromatic N) is 1. The molecule has 0 unspecified atom stereocenters. The molecule has 0 heterocycles. The van der Waals surface area contributed by atoms with Gasteiger partial charge >= 0.3 is 0 Å². The van der Waals surface area contributed by atoms with E-state index in [-0.39, 0.29) is 17.0 Å². The molecule has 1 aromatic carbocycles. The van der Waals surface area contributed by atoms with Crippen molar-refractivity contribution in [2.75, 3.05) is 0 Å². The van der Waals surface area contributed by atoms with Gasteiger partial charge in [-0.2, -0.15) is 5.26 Å². The van der Waals surface area contributed by atoms with Crippen molar-refractivity contribution in [1.82, 2.24) is 0 Å². The molecular formula is C8H5Cl2NO3S. The van der Waals surface area contributed by atoms with Gasteiger partial charge in [-0.15, -0.1) is 11.6 Å². The Morgan fingerprint density at radius 1 is 1.47 bits per heavy atom. The summed E-state index contributed by atoms with van der Waals surface area (Å²) in [5, 5.41) is 18.0. The summed E-state index contributed by atoms with van der Waals surface area (Å²) in [6, 6.07) is 4.07. The Hall–Kier alpha value is -0.960. The lowest BCUT2D eigenvalue weighted by Crippen LogP contribution is -2.00. The third-order valence-electron chi connectivity index (χ3n) is 1.72. The number of alkyl halides is 1. The van der Waals surface area contributed by atoms with Gasteiger partial charge in [-0.1, -0.05) is 6.07 Å². The lowest BCUT2D eigenvalue weighted by atomic mass is 10.1. The van der Waals surface area contributed by atoms with Gasteiger partial charge in [0.05, 0.1) is 0 Å². The minimum absolute atomic E-state index is 0.115. The number of halogens is 2. The minimum Gasteiger partial charge on any atom is -0.507 e. The van der Waals surface area contributed by atoms with Gasteiger partial charge in [0, 0.05) is 16.6 Å². The van der Waals surface area contributed by atoms with Crippen molar-refractivity contribution in [1.29, 1.82) is 5.26 Å². The second-order valence-corrected chi connectivity index (χ2v) is 5.40. The van der Waals surface area contributed by atoms with E-state index in [9.17, 15) is 13.5 Å². The van der Waals surface area contributed by atoms with Crippen molar-refractivity contribution in [3.8, 4) is 11.8 Å². The van der Waals surface area contributed by atoms with E-state index in [4.69, 9.17) is 27.5 Å². The van der Waals surface area contributed by atoms with Crippen LogP contribution in [-0.2, 0) is 14.9 Å². The molecule has 0 saturated heterocycles. The number of hydrogen-bond acceptors (Lipinski definition) is 4. The zero-order valence-corrected chi connectivity index (χ0v) is 9.57. The number of phenolic OH excluding ortho intramolecular Hbond substituents is 1. The van der Waals surface area contributed by atoms with E-state index >= 15 is 0 Å². The van der Waals surface area contributed by atoms with Crippen LogP contribution in [0.2, 0.25) is 0 Å². The van der Waals surface area contributed by atoms with E-state index < -0.39 is 19.7 Å². The van der Waals surface area contributed by atoms with Crippen LogP contribution in [0.15, 0.2) is 17.0 Å². The molecule has 0 atom stereocenters. The van der Waals surface area contributed by atoms with Gasteiger partial charge in [0.2, 0.25) is 0 Å². The number of rotatable bonds is 2. The molecular weight excluding hydrogens is 261 g/mol. The van der Waals surface area contributed by atoms with Gasteiger partial charge < -0.3 is 5.11 Å². The maximum absolute atomic E-state index is 11.2. The van der Waals surface area contributed by atoms with Crippen LogP contribution in [0, 0.1) is 11.3 Å². The van der Waals surface area contributed by atoms with Crippen LogP contribution >= 0.6 is 22.3 Å². The van der Waals surface area contributed by atoms with E-state index in [1.807, 2.05) is 0 Å². The highest BCUT2D eigenvalue weighted by molar-refractivity contribution is 8.13. The molecule has 0 aromatic heterocycles. The van der Waals surface area contributed by atoms with E-state index in [2.05, 4.69) is 0 Å². The summed E-state index contributed by atoms with van der Waals surface area (Å²) in [5.74, 6) is -0.554. The Labute approximate surface area is 96.1 Å². The number of hydrogen-bond donors (Lipinski definition) is 1. The molecule has 0 bridgehead atoms. The quantitative estimate of drug-likeness (QED) is 0.655. The lowest BCUT2D eigenvalue weighted by Gasteiger charge is -2.06. The van der Waals surface area contributed by atoms with Gasteiger partial charge in [-0.05, 0) is 11.6 Å². The van der Waals surface area contributed by atoms with Crippen LogP contribution < -0.4 is 0 Å². The van der Waals surface area contributed by atoms with Crippen molar-refractivity contribution in [2.45, 2.75) is 10.8 Å². The normalized spacial score (nSPS) is 11.0. The third-order valence-corrected chi connectivity index (χ3v) is 3.42. The Kier molecular flexibility index (Phi) is 3.45. The van der Waals surface area contributed by atoms with Crippen molar-refractivity contribution >= 4 is 31.3 Å². The Morgan fingerprint density at radius 2 is 2.07 bits per heavy atom. The Morgan fingerprint density at radius 3 is 2.47 bits per heavy atom. The first-order valence-electron chi connectivity index (χ1n) is 3.67. The van der Waals surface area contributed by atoms with Gasteiger partial charge in [-0.3, -0.25) is 0 Å². The lowest BCUT2D eigenvalue weighted by molar-refractivity contribution is 0.471. The smallest absolute Gasteiger partial charge is 0.263 e. The Bertz CT molecular complexity index is 534. The predicted molar refractivity (Wildman–Crippen MR) is 55.4 cm³/mol. The first-order chi connectivity index (χ1) is 6.91. The largest absolute Gasteiger partial charge is 0.507 e. The molecule has 80 valence electrons. The summed E-state index contributed by atoms with van der Waals surface area (Å²) in [6.07, 6.45) is 0. The molecule has 1 N–H and O–H groups in total. The molecule has 0 spiro atoms. The molecule has 0 fully saturated rings. The van der Waals surface area contributed by atoms with Crippen LogP contribution in [0.5, 0.6) is 5.75 Å². The fraction of sp³-hybridized carbons (Fsp3) is 0.125. The number of aromatic hydroxyl groups is 1. The topological polar surface area (TPSA) is 78.2 Å². The minimum atomic E-state index is -4.11. The standard InChI is InChI=1S/C8H5Cl2NO3S/c9-3-5-1-2-7(12)6(4-11)8(5)15(10,13)14/h1-2,12H,3H2. The van der Waals surface area contributed by atoms with E-state index in [1.165, 1.54) is 12.1 Å². The van der Waals surface area contributed by atoms with Crippen LogP contribution in [0.1, 0.15) is 11.1 Å². The number of benzene rings is 1. The summed E-state index contributed by atoms with van der Waals surface area (Å²) in [4.78, 5) is -0.429. The molecule has 4 nitrogen and oxygen atoms in total. The fourth-order valence-corrected chi connectivity index (χ4v) is 2.79. The maximum Gasteiger partial charge on any atom is 0.263 e. The summed E-state index contributed by atoms with van der Waals surface area (Å²) >= 11 is 5.51. The molecule has 1 rings (SSSR count). The first-order valence-corrected chi connectivity index (χ1v) is 6.51. The molecule has 7 heteroatoms. The zero-order chi connectivity index (χ0) is 11.6. The van der Waals surface area contributed by atoms with Crippen LogP contribution in [0.3, 0.4) is 0 Å². The van der Waals surface area contributed by atoms with Crippen molar-refractivity contribution in [3.63, 3.8) is 0 Å². The third kappa shape index (κ3) is 2.34. The summed E-state index contributed by atoms with van der Waals surface area (Å²) in [6.45, 7) is 0. The van der Waals surface area contributed by atoms with Gasteiger partial charge in [0.15, 0.2) is 0 Å². The van der Waals surface area contributed by atoms with Crippen LogP contribution in [0.4, 0.5) is 0 Å². The Balaban J connectivity index is 3.73. The average Bonchev–Trinajstić information content (AvgIpc) is 2.15. The fourth-order valence-electron chi connectivity index (χ4n) is 1.11. The number of nitriles is 1. The highest BCUT2D eigenvalue weighted by Crippen LogP contribution is 2.31. The van der Waals surface area contributed by atoms with Crippen molar-refractivity contribution < 1.29 is 13.5 Å². The molecule has 1 aromatic rings. The molecule has 0 aliphatic heterocycles. The van der Waals surface area contributed by atoms with Crippen molar-refractivity contribution in [3.05, 3.63) is 23.3 Å². The highest BCUT2D eigenvalue weighted by Gasteiger charge is 2.22. The zero-order valence-electron chi connectivity index (χ0n) is 7.24.